The third kappa shape index (κ3) is 5.93. The Balaban J connectivity index is 0.000000139. The Morgan fingerprint density at radius 1 is 0.740 bits per heavy atom. The van der Waals surface area contributed by atoms with Crippen molar-refractivity contribution in [2.75, 3.05) is 19.7 Å². The normalized spacial score (nSPS) is 40.7. The minimum absolute atomic E-state index is 0.0563. The molecule has 0 aromatic heterocycles. The number of ether oxygens (including phenoxy) is 1. The van der Waals surface area contributed by atoms with Crippen LogP contribution in [0.5, 0.6) is 0 Å². The second kappa shape index (κ2) is 12.9. The zero-order chi connectivity index (χ0) is 34.1. The minimum Gasteiger partial charge on any atom is -0.439 e. The van der Waals surface area contributed by atoms with E-state index in [1.165, 1.54) is 75.3 Å². The van der Waals surface area contributed by atoms with Crippen molar-refractivity contribution in [1.82, 2.24) is 15.1 Å². The van der Waals surface area contributed by atoms with Crippen LogP contribution < -0.4 is 5.32 Å². The van der Waals surface area contributed by atoms with Crippen molar-refractivity contribution in [3.63, 3.8) is 0 Å². The lowest BCUT2D eigenvalue weighted by molar-refractivity contribution is -0.0496. The highest BCUT2D eigenvalue weighted by atomic mass is 16.6. The smallest absolute Gasteiger partial charge is 0.410 e. The molecule has 3 amide bonds. The molecule has 8 aliphatic carbocycles. The summed E-state index contributed by atoms with van der Waals surface area (Å²) in [6.07, 6.45) is 14.2. The molecule has 2 heterocycles. The van der Waals surface area contributed by atoms with Gasteiger partial charge in [-0.15, -0.1) is 0 Å². The fourth-order valence-electron chi connectivity index (χ4n) is 13.3. The molecule has 7 nitrogen and oxygen atoms in total. The number of cyclic esters (lactones) is 1. The Hall–Kier alpha value is -3.06. The molecule has 50 heavy (non-hydrogen) atoms. The number of aliphatic hydroxyl groups is 1. The maximum Gasteiger partial charge on any atom is 0.410 e. The van der Waals surface area contributed by atoms with Gasteiger partial charge in [0.1, 0.15) is 6.10 Å². The molecule has 0 radical (unpaired) electrons. The van der Waals surface area contributed by atoms with E-state index in [0.29, 0.717) is 42.9 Å². The van der Waals surface area contributed by atoms with Gasteiger partial charge < -0.3 is 25.0 Å². The van der Waals surface area contributed by atoms with Crippen LogP contribution in [0.4, 0.5) is 9.59 Å². The van der Waals surface area contributed by atoms with Crippen LogP contribution in [0.3, 0.4) is 0 Å². The summed E-state index contributed by atoms with van der Waals surface area (Å²) in [5.74, 6) is 7.05. The molecule has 8 bridgehead atoms. The van der Waals surface area contributed by atoms with Gasteiger partial charge in [-0.25, -0.2) is 9.59 Å². The highest BCUT2D eigenvalue weighted by molar-refractivity contribution is 5.78. The average Bonchev–Trinajstić information content (AvgIpc) is 3.63. The molecule has 12 rings (SSSR count). The van der Waals surface area contributed by atoms with E-state index in [0.717, 1.165) is 47.5 Å². The summed E-state index contributed by atoms with van der Waals surface area (Å²) in [5, 5.41) is 13.1. The number of hydrogen-bond acceptors (Lipinski definition) is 4. The molecule has 2 atom stereocenters. The van der Waals surface area contributed by atoms with Crippen LogP contribution in [0.25, 0.3) is 11.1 Å². The predicted molar refractivity (Wildman–Crippen MR) is 194 cm³/mol. The van der Waals surface area contributed by atoms with Gasteiger partial charge >= 0.3 is 12.1 Å². The number of rotatable bonds is 7. The van der Waals surface area contributed by atoms with Crippen molar-refractivity contribution in [2.45, 2.75) is 108 Å². The highest BCUT2D eigenvalue weighted by Gasteiger charge is 2.55. The van der Waals surface area contributed by atoms with Gasteiger partial charge in [0.15, 0.2) is 0 Å². The van der Waals surface area contributed by atoms with E-state index >= 15 is 0 Å². The van der Waals surface area contributed by atoms with Crippen LogP contribution in [0.2, 0.25) is 0 Å². The van der Waals surface area contributed by atoms with E-state index in [-0.39, 0.29) is 24.8 Å². The molecule has 2 aliphatic heterocycles. The van der Waals surface area contributed by atoms with Gasteiger partial charge in [-0.1, -0.05) is 62.4 Å². The van der Waals surface area contributed by atoms with Gasteiger partial charge in [0.25, 0.3) is 0 Å². The fraction of sp³-hybridized carbons (Fsp3) is 0.674. The van der Waals surface area contributed by atoms with Crippen LogP contribution in [-0.4, -0.2) is 64.3 Å². The van der Waals surface area contributed by atoms with E-state index in [9.17, 15) is 14.7 Å². The van der Waals surface area contributed by atoms with Gasteiger partial charge in [-0.2, -0.15) is 0 Å². The number of carbonyl (C=O) groups excluding carboxylic acids is 2. The molecule has 2 N–H and O–H groups in total. The predicted octanol–water partition coefficient (Wildman–Crippen LogP) is 8.29. The van der Waals surface area contributed by atoms with Crippen molar-refractivity contribution in [3.8, 4) is 11.1 Å². The molecule has 2 aromatic rings. The first-order valence-electron chi connectivity index (χ1n) is 20.1. The lowest BCUT2D eigenvalue weighted by Crippen LogP contribution is -2.57. The van der Waals surface area contributed by atoms with Gasteiger partial charge in [0, 0.05) is 18.6 Å². The number of nitrogens with zero attached hydrogens (tertiary/aromatic N) is 2. The zero-order valence-electron chi connectivity index (χ0n) is 30.1. The number of aliphatic hydroxyl groups excluding tert-OH is 1. The van der Waals surface area contributed by atoms with Crippen LogP contribution in [0.1, 0.15) is 96.1 Å². The Labute approximate surface area is 298 Å². The van der Waals surface area contributed by atoms with E-state index in [1.807, 2.05) is 6.07 Å². The van der Waals surface area contributed by atoms with Crippen LogP contribution in [0, 0.1) is 53.3 Å². The fourth-order valence-corrected chi connectivity index (χ4v) is 13.3. The first-order chi connectivity index (χ1) is 24.2. The molecule has 2 aromatic carbocycles. The Morgan fingerprint density at radius 3 is 1.82 bits per heavy atom. The van der Waals surface area contributed by atoms with Gasteiger partial charge in [-0.3, -0.25) is 0 Å². The number of hydrogen-bond donors (Lipinski definition) is 2. The van der Waals surface area contributed by atoms with Crippen LogP contribution >= 0.6 is 0 Å². The number of amides is 3. The largest absolute Gasteiger partial charge is 0.439 e. The first-order valence-corrected chi connectivity index (χ1v) is 20.1. The van der Waals surface area contributed by atoms with Crippen molar-refractivity contribution in [1.29, 1.82) is 0 Å². The molecule has 268 valence electrons. The number of carbonyl (C=O) groups is 2. The number of nitrogens with one attached hydrogen (secondary N) is 1. The summed E-state index contributed by atoms with van der Waals surface area (Å²) >= 11 is 0. The molecule has 2 unspecified atom stereocenters. The lowest BCUT2D eigenvalue weighted by atomic mass is 9.54. The Kier molecular flexibility index (Phi) is 8.44. The van der Waals surface area contributed by atoms with Gasteiger partial charge in [0.05, 0.1) is 18.7 Å². The summed E-state index contributed by atoms with van der Waals surface area (Å²) < 4.78 is 5.89. The lowest BCUT2D eigenvalue weighted by Gasteiger charge is -2.56. The van der Waals surface area contributed by atoms with Gasteiger partial charge in [0.2, 0.25) is 0 Å². The summed E-state index contributed by atoms with van der Waals surface area (Å²) in [5.41, 5.74) is 3.08. The van der Waals surface area contributed by atoms with Crippen molar-refractivity contribution in [2.24, 2.45) is 53.3 Å². The average molecular weight is 680 g/mol. The molecule has 7 heteroatoms. The SMILES string of the molecule is CC(C)CC1(CO)CN(C2C3CC4CC(C3)CC2C4)C(=O)N1.O=C1OC(c2cccc(-c3ccccc3)c2)CN1C1C2CC3CC(C2)CC1C3. The Morgan fingerprint density at radius 2 is 1.28 bits per heavy atom. The standard InChI is InChI=1S/C25H27NO2.C18H30N2O2/c27-25-26(24-21-10-16-9-17(12-21)13-22(24)11-16)15-23(28-25)20-8-4-7-19(14-20)18-5-2-1-3-6-18;1-11(2)8-18(10-21)9-20(17(22)19-18)16-14-4-12-3-13(6-14)7-15(16)5-12/h1-8,14,16-17,21-24H,9-13,15H2;11-16,21H,3-10H2,1-2H3,(H,19,22). The minimum atomic E-state index is -0.417. The third-order valence-electron chi connectivity index (χ3n) is 14.5. The van der Waals surface area contributed by atoms with Crippen molar-refractivity contribution < 1.29 is 19.4 Å². The molecule has 10 fully saturated rings. The summed E-state index contributed by atoms with van der Waals surface area (Å²) in [4.78, 5) is 29.7. The van der Waals surface area contributed by atoms with E-state index < -0.39 is 5.54 Å². The zero-order valence-corrected chi connectivity index (χ0v) is 30.1. The molecule has 8 saturated carbocycles. The van der Waals surface area contributed by atoms with E-state index in [1.54, 1.807) is 0 Å². The van der Waals surface area contributed by atoms with Crippen LogP contribution in [0.15, 0.2) is 54.6 Å². The van der Waals surface area contributed by atoms with E-state index in [4.69, 9.17) is 4.74 Å². The molecule has 10 aliphatic rings. The summed E-state index contributed by atoms with van der Waals surface area (Å²) in [7, 11) is 0. The second-order valence-corrected chi connectivity index (χ2v) is 18.5. The first kappa shape index (κ1) is 32.8. The number of benzene rings is 2. The Bertz CT molecular complexity index is 1520. The van der Waals surface area contributed by atoms with Crippen molar-refractivity contribution in [3.05, 3.63) is 60.2 Å². The summed E-state index contributed by atoms with van der Waals surface area (Å²) in [6.45, 7) is 5.79. The summed E-state index contributed by atoms with van der Waals surface area (Å²) in [6, 6.07) is 19.8. The third-order valence-corrected chi connectivity index (χ3v) is 14.5. The van der Waals surface area contributed by atoms with Crippen molar-refractivity contribution >= 4 is 12.1 Å². The maximum absolute atomic E-state index is 12.8. The molecular weight excluding hydrogens is 622 g/mol. The quantitative estimate of drug-likeness (QED) is 0.309. The molecular formula is C43H57N3O4. The van der Waals surface area contributed by atoms with E-state index in [2.05, 4.69) is 77.5 Å². The topological polar surface area (TPSA) is 82.1 Å². The van der Waals surface area contributed by atoms with Crippen LogP contribution in [-0.2, 0) is 4.74 Å². The van der Waals surface area contributed by atoms with Gasteiger partial charge in [-0.05, 0) is 147 Å². The highest BCUT2D eigenvalue weighted by Crippen LogP contribution is 2.57. The maximum atomic E-state index is 12.8. The number of urea groups is 1. The monoisotopic (exact) mass is 679 g/mol. The molecule has 0 spiro atoms. The second-order valence-electron chi connectivity index (χ2n) is 18.5. The molecule has 2 saturated heterocycles.